The molecule has 0 saturated heterocycles. The number of amides is 1. The Morgan fingerprint density at radius 3 is 2.68 bits per heavy atom. The van der Waals surface area contributed by atoms with E-state index in [0.29, 0.717) is 25.3 Å². The zero-order valence-electron chi connectivity index (χ0n) is 11.6. The number of aromatic nitrogens is 1. The lowest BCUT2D eigenvalue weighted by atomic mass is 10.2. The number of rotatable bonds is 7. The van der Waals surface area contributed by atoms with Gasteiger partial charge in [-0.1, -0.05) is 13.8 Å². The molecule has 1 heterocycles. The van der Waals surface area contributed by atoms with Gasteiger partial charge < -0.3 is 20.4 Å². The Morgan fingerprint density at radius 1 is 1.32 bits per heavy atom. The third kappa shape index (κ3) is 5.13. The Morgan fingerprint density at radius 2 is 2.05 bits per heavy atom. The van der Waals surface area contributed by atoms with Gasteiger partial charge in [0.2, 0.25) is 5.91 Å². The standard InChI is InChI=1S/C13H21N3O3/c1-9(2)12(17)15-7-6-14-8-10-4-5-11(16-10)13(18)19-3/h4-5,9,14,16H,6-8H2,1-3H3,(H,15,17). The molecule has 106 valence electrons. The van der Waals surface area contributed by atoms with Crippen LogP contribution in [-0.4, -0.2) is 37.1 Å². The summed E-state index contributed by atoms with van der Waals surface area (Å²) in [5.74, 6) is -0.323. The van der Waals surface area contributed by atoms with Crippen molar-refractivity contribution in [2.45, 2.75) is 20.4 Å². The number of carbonyl (C=O) groups is 2. The second-order valence-corrected chi connectivity index (χ2v) is 4.51. The molecule has 1 amide bonds. The summed E-state index contributed by atoms with van der Waals surface area (Å²) < 4.78 is 4.60. The van der Waals surface area contributed by atoms with Crippen molar-refractivity contribution in [3.05, 3.63) is 23.5 Å². The molecule has 1 aromatic rings. The molecule has 0 fully saturated rings. The predicted molar refractivity (Wildman–Crippen MR) is 71.7 cm³/mol. The number of carbonyl (C=O) groups excluding carboxylic acids is 2. The molecule has 1 rings (SSSR count). The maximum absolute atomic E-state index is 11.3. The highest BCUT2D eigenvalue weighted by atomic mass is 16.5. The van der Waals surface area contributed by atoms with Crippen LogP contribution < -0.4 is 10.6 Å². The summed E-state index contributed by atoms with van der Waals surface area (Å²) in [6.07, 6.45) is 0. The normalized spacial score (nSPS) is 10.5. The van der Waals surface area contributed by atoms with Crippen LogP contribution in [0.5, 0.6) is 0 Å². The highest BCUT2D eigenvalue weighted by Gasteiger charge is 2.07. The summed E-state index contributed by atoms with van der Waals surface area (Å²) in [5.41, 5.74) is 1.34. The van der Waals surface area contributed by atoms with E-state index in [-0.39, 0.29) is 17.8 Å². The maximum atomic E-state index is 11.3. The van der Waals surface area contributed by atoms with Crippen LogP contribution in [0.3, 0.4) is 0 Å². The number of methoxy groups -OCH3 is 1. The van der Waals surface area contributed by atoms with Gasteiger partial charge in [-0.2, -0.15) is 0 Å². The number of esters is 1. The molecule has 0 radical (unpaired) electrons. The molecule has 0 saturated carbocycles. The molecule has 0 bridgehead atoms. The zero-order chi connectivity index (χ0) is 14.3. The molecule has 6 nitrogen and oxygen atoms in total. The zero-order valence-corrected chi connectivity index (χ0v) is 11.6. The van der Waals surface area contributed by atoms with Gasteiger partial charge in [0.1, 0.15) is 5.69 Å². The van der Waals surface area contributed by atoms with Gasteiger partial charge in [0, 0.05) is 31.2 Å². The van der Waals surface area contributed by atoms with Gasteiger partial charge in [0.15, 0.2) is 0 Å². The lowest BCUT2D eigenvalue weighted by Crippen LogP contribution is -2.34. The van der Waals surface area contributed by atoms with Crippen LogP contribution in [-0.2, 0) is 16.1 Å². The van der Waals surface area contributed by atoms with Crippen molar-refractivity contribution in [3.8, 4) is 0 Å². The largest absolute Gasteiger partial charge is 0.464 e. The van der Waals surface area contributed by atoms with E-state index in [4.69, 9.17) is 0 Å². The first kappa shape index (κ1) is 15.2. The number of hydrogen-bond donors (Lipinski definition) is 3. The van der Waals surface area contributed by atoms with Gasteiger partial charge in [-0.3, -0.25) is 4.79 Å². The van der Waals surface area contributed by atoms with Crippen LogP contribution in [0.4, 0.5) is 0 Å². The van der Waals surface area contributed by atoms with Crippen molar-refractivity contribution < 1.29 is 14.3 Å². The third-order valence-corrected chi connectivity index (χ3v) is 2.59. The first-order chi connectivity index (χ1) is 9.04. The highest BCUT2D eigenvalue weighted by Crippen LogP contribution is 2.02. The monoisotopic (exact) mass is 267 g/mol. The van der Waals surface area contributed by atoms with E-state index in [1.165, 1.54) is 7.11 Å². The maximum Gasteiger partial charge on any atom is 0.354 e. The molecule has 19 heavy (non-hydrogen) atoms. The summed E-state index contributed by atoms with van der Waals surface area (Å²) in [4.78, 5) is 25.5. The SMILES string of the molecule is COC(=O)c1ccc(CNCCNC(=O)C(C)C)[nH]1. The molecule has 0 atom stereocenters. The van der Waals surface area contributed by atoms with Crippen LogP contribution >= 0.6 is 0 Å². The number of ether oxygens (including phenoxy) is 1. The topological polar surface area (TPSA) is 83.2 Å². The van der Waals surface area contributed by atoms with Crippen molar-refractivity contribution >= 4 is 11.9 Å². The van der Waals surface area contributed by atoms with Crippen molar-refractivity contribution in [3.63, 3.8) is 0 Å². The quantitative estimate of drug-likeness (QED) is 0.500. The lowest BCUT2D eigenvalue weighted by Gasteiger charge is -2.08. The fraction of sp³-hybridized carbons (Fsp3) is 0.538. The molecule has 0 aliphatic rings. The van der Waals surface area contributed by atoms with Crippen LogP contribution in [0.1, 0.15) is 30.0 Å². The first-order valence-electron chi connectivity index (χ1n) is 6.29. The average Bonchev–Trinajstić information content (AvgIpc) is 2.85. The Labute approximate surface area is 112 Å². The Bertz CT molecular complexity index is 427. The molecule has 6 heteroatoms. The van der Waals surface area contributed by atoms with E-state index < -0.39 is 0 Å². The van der Waals surface area contributed by atoms with Crippen molar-refractivity contribution in [1.82, 2.24) is 15.6 Å². The molecular formula is C13H21N3O3. The minimum atomic E-state index is -0.379. The summed E-state index contributed by atoms with van der Waals surface area (Å²) in [6, 6.07) is 3.51. The third-order valence-electron chi connectivity index (χ3n) is 2.59. The number of H-pyrrole nitrogens is 1. The molecule has 0 aromatic carbocycles. The molecule has 0 unspecified atom stereocenters. The second kappa shape index (κ2) is 7.58. The minimum absolute atomic E-state index is 0.00558. The summed E-state index contributed by atoms with van der Waals surface area (Å²) >= 11 is 0. The van der Waals surface area contributed by atoms with E-state index in [2.05, 4.69) is 20.4 Å². The fourth-order valence-corrected chi connectivity index (χ4v) is 1.47. The Hall–Kier alpha value is -1.82. The van der Waals surface area contributed by atoms with Gasteiger partial charge in [-0.25, -0.2) is 4.79 Å². The molecule has 3 N–H and O–H groups in total. The number of aromatic amines is 1. The van der Waals surface area contributed by atoms with E-state index in [1.807, 2.05) is 19.9 Å². The molecule has 0 aliphatic carbocycles. The van der Waals surface area contributed by atoms with Crippen LogP contribution in [0, 0.1) is 5.92 Å². The van der Waals surface area contributed by atoms with Gasteiger partial charge in [-0.15, -0.1) is 0 Å². The van der Waals surface area contributed by atoms with Crippen molar-refractivity contribution in [2.24, 2.45) is 5.92 Å². The average molecular weight is 267 g/mol. The van der Waals surface area contributed by atoms with E-state index >= 15 is 0 Å². The van der Waals surface area contributed by atoms with E-state index in [0.717, 1.165) is 5.69 Å². The van der Waals surface area contributed by atoms with Crippen LogP contribution in [0.25, 0.3) is 0 Å². The van der Waals surface area contributed by atoms with Gasteiger partial charge >= 0.3 is 5.97 Å². The first-order valence-corrected chi connectivity index (χ1v) is 6.29. The van der Waals surface area contributed by atoms with Gasteiger partial charge in [0.25, 0.3) is 0 Å². The van der Waals surface area contributed by atoms with Gasteiger partial charge in [-0.05, 0) is 12.1 Å². The van der Waals surface area contributed by atoms with Crippen LogP contribution in [0.2, 0.25) is 0 Å². The minimum Gasteiger partial charge on any atom is -0.464 e. The molecule has 1 aromatic heterocycles. The highest BCUT2D eigenvalue weighted by molar-refractivity contribution is 5.87. The predicted octanol–water partition coefficient (Wildman–Crippen LogP) is 0.663. The summed E-state index contributed by atoms with van der Waals surface area (Å²) in [7, 11) is 1.35. The smallest absolute Gasteiger partial charge is 0.354 e. The Balaban J connectivity index is 2.21. The molecule has 0 spiro atoms. The Kier molecular flexibility index (Phi) is 6.08. The van der Waals surface area contributed by atoms with E-state index in [1.54, 1.807) is 6.07 Å². The molecular weight excluding hydrogens is 246 g/mol. The van der Waals surface area contributed by atoms with Crippen LogP contribution in [0.15, 0.2) is 12.1 Å². The lowest BCUT2D eigenvalue weighted by molar-refractivity contribution is -0.123. The number of hydrogen-bond acceptors (Lipinski definition) is 4. The second-order valence-electron chi connectivity index (χ2n) is 4.51. The van der Waals surface area contributed by atoms with Gasteiger partial charge in [0.05, 0.1) is 7.11 Å². The fourth-order valence-electron chi connectivity index (χ4n) is 1.47. The van der Waals surface area contributed by atoms with Crippen molar-refractivity contribution in [1.29, 1.82) is 0 Å². The number of nitrogens with one attached hydrogen (secondary N) is 3. The van der Waals surface area contributed by atoms with Crippen molar-refractivity contribution in [2.75, 3.05) is 20.2 Å². The summed E-state index contributed by atoms with van der Waals surface area (Å²) in [6.45, 7) is 5.58. The summed E-state index contributed by atoms with van der Waals surface area (Å²) in [5, 5.41) is 5.98. The molecule has 0 aliphatic heterocycles. The van der Waals surface area contributed by atoms with E-state index in [9.17, 15) is 9.59 Å².